The number of hydrogen-bond donors (Lipinski definition) is 1. The predicted octanol–water partition coefficient (Wildman–Crippen LogP) is 2.57. The van der Waals surface area contributed by atoms with Crippen molar-refractivity contribution in [3.63, 3.8) is 0 Å². The van der Waals surface area contributed by atoms with Crippen LogP contribution in [-0.2, 0) is 4.79 Å². The highest BCUT2D eigenvalue weighted by atomic mass is 32.2. The van der Waals surface area contributed by atoms with Gasteiger partial charge in [0.1, 0.15) is 10.1 Å². The molecule has 1 amide bonds. The summed E-state index contributed by atoms with van der Waals surface area (Å²) in [6.45, 7) is 2.59. The number of benzene rings is 1. The van der Waals surface area contributed by atoms with Crippen LogP contribution in [-0.4, -0.2) is 16.8 Å². The summed E-state index contributed by atoms with van der Waals surface area (Å²) in [5.41, 5.74) is 0.954. The van der Waals surface area contributed by atoms with Gasteiger partial charge in [-0.15, -0.1) is 0 Å². The van der Waals surface area contributed by atoms with Crippen LogP contribution in [0.4, 0.5) is 0 Å². The van der Waals surface area contributed by atoms with Gasteiger partial charge in [-0.05, 0) is 30.7 Å². The van der Waals surface area contributed by atoms with Gasteiger partial charge in [-0.3, -0.25) is 4.79 Å². The Balaban J connectivity index is 2.16. The van der Waals surface area contributed by atoms with Crippen LogP contribution in [0.15, 0.2) is 29.2 Å². The molecule has 1 aromatic carbocycles. The average molecular weight is 265 g/mol. The van der Waals surface area contributed by atoms with E-state index in [-0.39, 0.29) is 5.91 Å². The van der Waals surface area contributed by atoms with Crippen molar-refractivity contribution >= 4 is 40.3 Å². The van der Waals surface area contributed by atoms with E-state index in [1.807, 2.05) is 37.3 Å². The molecule has 5 heteroatoms. The lowest BCUT2D eigenvalue weighted by Gasteiger charge is -2.02. The first-order chi connectivity index (χ1) is 8.19. The van der Waals surface area contributed by atoms with Crippen LogP contribution in [0, 0.1) is 0 Å². The second-order valence-electron chi connectivity index (χ2n) is 3.35. The second kappa shape index (κ2) is 5.33. The Kier molecular flexibility index (Phi) is 3.81. The minimum atomic E-state index is -0.131. The van der Waals surface area contributed by atoms with Crippen LogP contribution in [0.1, 0.15) is 12.5 Å². The number of rotatable bonds is 3. The van der Waals surface area contributed by atoms with Crippen molar-refractivity contribution in [2.45, 2.75) is 6.92 Å². The standard InChI is InChI=1S/C12H11NO2S2/c1-2-15-9-5-3-8(4-6-9)7-10-11(14)13-12(16)17-10/h3-7H,2H2,1H3,(H,13,14,16)/b10-7+. The molecule has 1 aliphatic rings. The van der Waals surface area contributed by atoms with E-state index >= 15 is 0 Å². The zero-order chi connectivity index (χ0) is 12.3. The van der Waals surface area contributed by atoms with E-state index in [0.29, 0.717) is 15.8 Å². The number of ether oxygens (including phenoxy) is 1. The Morgan fingerprint density at radius 1 is 1.41 bits per heavy atom. The fourth-order valence-electron chi connectivity index (χ4n) is 1.40. The molecule has 0 aliphatic carbocycles. The molecule has 0 saturated carbocycles. The number of carbonyl (C=O) groups is 1. The molecular weight excluding hydrogens is 254 g/mol. The molecule has 3 nitrogen and oxygen atoms in total. The molecule has 0 aromatic heterocycles. The van der Waals surface area contributed by atoms with Crippen LogP contribution in [0.3, 0.4) is 0 Å². The molecular formula is C12H11NO2S2. The Morgan fingerprint density at radius 2 is 2.12 bits per heavy atom. The van der Waals surface area contributed by atoms with Crippen molar-refractivity contribution in [2.24, 2.45) is 0 Å². The minimum absolute atomic E-state index is 0.131. The summed E-state index contributed by atoms with van der Waals surface area (Å²) < 4.78 is 5.85. The summed E-state index contributed by atoms with van der Waals surface area (Å²) in [4.78, 5) is 12.1. The van der Waals surface area contributed by atoms with Crippen molar-refractivity contribution in [1.29, 1.82) is 0 Å². The molecule has 1 N–H and O–H groups in total. The Morgan fingerprint density at radius 3 is 2.65 bits per heavy atom. The van der Waals surface area contributed by atoms with Crippen molar-refractivity contribution in [3.8, 4) is 5.75 Å². The first-order valence-electron chi connectivity index (χ1n) is 5.17. The molecule has 17 heavy (non-hydrogen) atoms. The molecule has 1 aliphatic heterocycles. The maximum Gasteiger partial charge on any atom is 0.263 e. The number of hydrogen-bond acceptors (Lipinski definition) is 4. The molecule has 1 saturated heterocycles. The molecule has 1 heterocycles. The van der Waals surface area contributed by atoms with Crippen molar-refractivity contribution in [2.75, 3.05) is 6.61 Å². The van der Waals surface area contributed by atoms with E-state index in [0.717, 1.165) is 11.3 Å². The van der Waals surface area contributed by atoms with Crippen molar-refractivity contribution < 1.29 is 9.53 Å². The van der Waals surface area contributed by atoms with Crippen molar-refractivity contribution in [1.82, 2.24) is 5.32 Å². The highest BCUT2D eigenvalue weighted by Crippen LogP contribution is 2.26. The van der Waals surface area contributed by atoms with Gasteiger partial charge in [-0.2, -0.15) is 0 Å². The van der Waals surface area contributed by atoms with Crippen LogP contribution in [0.5, 0.6) is 5.75 Å². The zero-order valence-corrected chi connectivity index (χ0v) is 10.9. The Labute approximate surface area is 109 Å². The maximum absolute atomic E-state index is 11.4. The fourth-order valence-corrected chi connectivity index (χ4v) is 2.44. The Bertz CT molecular complexity index is 480. The number of nitrogens with one attached hydrogen (secondary N) is 1. The van der Waals surface area contributed by atoms with Gasteiger partial charge in [-0.1, -0.05) is 36.1 Å². The fraction of sp³-hybridized carbons (Fsp3) is 0.167. The molecule has 88 valence electrons. The number of carbonyl (C=O) groups excluding carboxylic acids is 1. The van der Waals surface area contributed by atoms with Crippen LogP contribution in [0.25, 0.3) is 6.08 Å². The van der Waals surface area contributed by atoms with E-state index in [2.05, 4.69) is 5.32 Å². The van der Waals surface area contributed by atoms with Gasteiger partial charge in [0.2, 0.25) is 0 Å². The summed E-state index contributed by atoms with van der Waals surface area (Å²) in [5.74, 6) is 0.697. The van der Waals surface area contributed by atoms with Gasteiger partial charge in [0.25, 0.3) is 5.91 Å². The maximum atomic E-state index is 11.4. The minimum Gasteiger partial charge on any atom is -0.494 e. The summed E-state index contributed by atoms with van der Waals surface area (Å²) in [5, 5.41) is 2.58. The largest absolute Gasteiger partial charge is 0.494 e. The summed E-state index contributed by atoms with van der Waals surface area (Å²) >= 11 is 6.20. The molecule has 1 aromatic rings. The van der Waals surface area contributed by atoms with Crippen LogP contribution < -0.4 is 10.1 Å². The van der Waals surface area contributed by atoms with Gasteiger partial charge in [0, 0.05) is 0 Å². The van der Waals surface area contributed by atoms with E-state index in [1.54, 1.807) is 0 Å². The van der Waals surface area contributed by atoms with E-state index in [4.69, 9.17) is 17.0 Å². The van der Waals surface area contributed by atoms with E-state index in [9.17, 15) is 4.79 Å². The molecule has 0 atom stereocenters. The summed E-state index contributed by atoms with van der Waals surface area (Å²) in [6.07, 6.45) is 1.81. The predicted molar refractivity (Wildman–Crippen MR) is 73.9 cm³/mol. The molecule has 0 radical (unpaired) electrons. The lowest BCUT2D eigenvalue weighted by molar-refractivity contribution is -0.115. The number of amides is 1. The SMILES string of the molecule is CCOc1ccc(/C=C2/SC(=S)NC2=O)cc1. The quantitative estimate of drug-likeness (QED) is 0.673. The molecule has 0 unspecified atom stereocenters. The molecule has 0 spiro atoms. The van der Waals surface area contributed by atoms with E-state index in [1.165, 1.54) is 11.8 Å². The van der Waals surface area contributed by atoms with Gasteiger partial charge >= 0.3 is 0 Å². The third-order valence-corrected chi connectivity index (χ3v) is 3.29. The molecule has 0 bridgehead atoms. The van der Waals surface area contributed by atoms with Crippen LogP contribution >= 0.6 is 24.0 Å². The van der Waals surface area contributed by atoms with Gasteiger partial charge in [0.05, 0.1) is 11.5 Å². The third kappa shape index (κ3) is 3.08. The second-order valence-corrected chi connectivity index (χ2v) is 5.07. The monoisotopic (exact) mass is 265 g/mol. The number of thioether (sulfide) groups is 1. The van der Waals surface area contributed by atoms with E-state index < -0.39 is 0 Å². The summed E-state index contributed by atoms with van der Waals surface area (Å²) in [6, 6.07) is 7.58. The summed E-state index contributed by atoms with van der Waals surface area (Å²) in [7, 11) is 0. The topological polar surface area (TPSA) is 38.3 Å². The average Bonchev–Trinajstić information content (AvgIpc) is 2.61. The number of thiocarbonyl (C=S) groups is 1. The molecule has 2 rings (SSSR count). The molecule has 1 fully saturated rings. The highest BCUT2D eigenvalue weighted by molar-refractivity contribution is 8.26. The smallest absolute Gasteiger partial charge is 0.263 e. The van der Waals surface area contributed by atoms with Crippen LogP contribution in [0.2, 0.25) is 0 Å². The Hall–Kier alpha value is -1.33. The zero-order valence-electron chi connectivity index (χ0n) is 9.23. The third-order valence-electron chi connectivity index (χ3n) is 2.13. The lowest BCUT2D eigenvalue weighted by Crippen LogP contribution is -2.17. The lowest BCUT2D eigenvalue weighted by atomic mass is 10.2. The highest BCUT2D eigenvalue weighted by Gasteiger charge is 2.21. The normalized spacial score (nSPS) is 17.4. The van der Waals surface area contributed by atoms with Gasteiger partial charge in [-0.25, -0.2) is 0 Å². The first kappa shape index (κ1) is 12.1. The van der Waals surface area contributed by atoms with Gasteiger partial charge < -0.3 is 10.1 Å². The van der Waals surface area contributed by atoms with Crippen molar-refractivity contribution in [3.05, 3.63) is 34.7 Å². The van der Waals surface area contributed by atoms with Gasteiger partial charge in [0.15, 0.2) is 0 Å². The first-order valence-corrected chi connectivity index (χ1v) is 6.39.